The van der Waals surface area contributed by atoms with Gasteiger partial charge >= 0.3 is 0 Å². The van der Waals surface area contributed by atoms with Crippen LogP contribution in [0, 0.1) is 0 Å². The van der Waals surface area contributed by atoms with Crippen molar-refractivity contribution in [3.05, 3.63) is 59.5 Å². The molecule has 40 heavy (non-hydrogen) atoms. The number of sulfonamides is 1. The number of benzene rings is 2. The predicted molar refractivity (Wildman–Crippen MR) is 160 cm³/mol. The summed E-state index contributed by atoms with van der Waals surface area (Å²) >= 11 is 1.53. The van der Waals surface area contributed by atoms with Gasteiger partial charge < -0.3 is 21.3 Å². The largest absolute Gasteiger partial charge is 0.384 e. The summed E-state index contributed by atoms with van der Waals surface area (Å²) in [5.41, 5.74) is 16.7. The summed E-state index contributed by atoms with van der Waals surface area (Å²) in [5, 5.41) is 2.77. The highest BCUT2D eigenvalue weighted by Crippen LogP contribution is 2.41. The fraction of sp³-hybridized carbons (Fsp3) is 0.321. The third-order valence-corrected chi connectivity index (χ3v) is 10.4. The van der Waals surface area contributed by atoms with Crippen LogP contribution in [0.2, 0.25) is 0 Å². The number of thiazole rings is 1. The molecule has 6 rings (SSSR count). The lowest BCUT2D eigenvalue weighted by atomic mass is 9.94. The Kier molecular flexibility index (Phi) is 6.95. The van der Waals surface area contributed by atoms with E-state index in [0.29, 0.717) is 41.1 Å². The highest BCUT2D eigenvalue weighted by molar-refractivity contribution is 7.89. The summed E-state index contributed by atoms with van der Waals surface area (Å²) in [5.74, 6) is 1.02. The van der Waals surface area contributed by atoms with Crippen molar-refractivity contribution in [3.63, 3.8) is 0 Å². The van der Waals surface area contributed by atoms with E-state index in [4.69, 9.17) is 16.5 Å². The van der Waals surface area contributed by atoms with Gasteiger partial charge in [-0.15, -0.1) is 11.3 Å². The molecule has 2 aromatic heterocycles. The molecule has 4 aromatic rings. The molecule has 208 valence electrons. The number of aromatic nitrogens is 3. The van der Waals surface area contributed by atoms with Gasteiger partial charge in [-0.3, -0.25) is 0 Å². The van der Waals surface area contributed by atoms with E-state index in [-0.39, 0.29) is 6.04 Å². The minimum absolute atomic E-state index is 0.240. The highest BCUT2D eigenvalue weighted by Gasteiger charge is 2.29. The first-order chi connectivity index (χ1) is 19.2. The molecule has 0 aliphatic carbocycles. The number of nitrogens with zero attached hydrogens (tertiary/aromatic N) is 6. The zero-order chi connectivity index (χ0) is 28.0. The molecule has 0 amide bonds. The molecule has 2 aliphatic heterocycles. The van der Waals surface area contributed by atoms with Crippen molar-refractivity contribution < 1.29 is 8.42 Å². The highest BCUT2D eigenvalue weighted by atomic mass is 32.2. The number of aryl methyl sites for hydroxylation is 1. The Hall–Kier alpha value is -3.58. The number of nitrogens with two attached hydrogens (primary N) is 2. The Morgan fingerprint density at radius 2 is 1.57 bits per heavy atom. The topological polar surface area (TPSA) is 135 Å². The fourth-order valence-corrected chi connectivity index (χ4v) is 7.62. The van der Waals surface area contributed by atoms with Crippen LogP contribution in [0.5, 0.6) is 0 Å². The van der Waals surface area contributed by atoms with Gasteiger partial charge in [-0.2, -0.15) is 4.31 Å². The first kappa shape index (κ1) is 26.6. The molecule has 0 bridgehead atoms. The number of nitrogen functional groups attached to an aromatic ring is 2. The lowest BCUT2D eigenvalue weighted by Crippen LogP contribution is -2.46. The van der Waals surface area contributed by atoms with E-state index < -0.39 is 10.0 Å². The van der Waals surface area contributed by atoms with E-state index in [1.165, 1.54) is 23.0 Å². The van der Waals surface area contributed by atoms with Crippen molar-refractivity contribution in [1.82, 2.24) is 24.2 Å². The van der Waals surface area contributed by atoms with Gasteiger partial charge in [0.25, 0.3) is 0 Å². The van der Waals surface area contributed by atoms with E-state index in [1.807, 2.05) is 24.6 Å². The van der Waals surface area contributed by atoms with Gasteiger partial charge in [-0.05, 0) is 61.7 Å². The molecule has 1 saturated heterocycles. The number of anilines is 4. The molecule has 12 heteroatoms. The second kappa shape index (κ2) is 10.4. The maximum atomic E-state index is 13.2. The number of piperazine rings is 1. The Morgan fingerprint density at radius 3 is 2.27 bits per heavy atom. The second-order valence-corrected chi connectivity index (χ2v) is 13.2. The van der Waals surface area contributed by atoms with Crippen LogP contribution in [-0.2, 0) is 16.4 Å². The normalized spacial score (nSPS) is 18.6. The molecule has 10 nitrogen and oxygen atoms in total. The number of hydrogen-bond acceptors (Lipinski definition) is 10. The smallest absolute Gasteiger partial charge is 0.243 e. The number of rotatable bonds is 5. The minimum Gasteiger partial charge on any atom is -0.384 e. The van der Waals surface area contributed by atoms with Gasteiger partial charge in [0.2, 0.25) is 10.0 Å². The number of fused-ring (bicyclic) bond motifs is 1. The quantitative estimate of drug-likeness (QED) is 0.363. The Morgan fingerprint density at radius 1 is 0.900 bits per heavy atom. The molecule has 1 atom stereocenters. The van der Waals surface area contributed by atoms with Crippen molar-refractivity contribution in [2.45, 2.75) is 30.7 Å². The van der Waals surface area contributed by atoms with Crippen LogP contribution in [0.25, 0.3) is 22.6 Å². The van der Waals surface area contributed by atoms with Crippen LogP contribution in [0.1, 0.15) is 18.9 Å². The molecule has 0 radical (unpaired) electrons. The van der Waals surface area contributed by atoms with Crippen LogP contribution in [0.15, 0.2) is 58.8 Å². The Bertz CT molecular complexity index is 1630. The molecule has 4 N–H and O–H groups in total. The van der Waals surface area contributed by atoms with Crippen molar-refractivity contribution in [1.29, 1.82) is 0 Å². The van der Waals surface area contributed by atoms with E-state index in [2.05, 4.69) is 44.9 Å². The third-order valence-electron chi connectivity index (χ3n) is 7.60. The van der Waals surface area contributed by atoms with Gasteiger partial charge in [0.15, 0.2) is 11.0 Å². The molecule has 1 unspecified atom stereocenters. The monoisotopic (exact) mass is 576 g/mol. The van der Waals surface area contributed by atoms with Gasteiger partial charge in [-0.25, -0.2) is 23.4 Å². The zero-order valence-corrected chi connectivity index (χ0v) is 24.1. The average Bonchev–Trinajstić information content (AvgIpc) is 3.42. The third kappa shape index (κ3) is 5.03. The van der Waals surface area contributed by atoms with Crippen molar-refractivity contribution in [2.75, 3.05) is 49.6 Å². The van der Waals surface area contributed by atoms with E-state index >= 15 is 0 Å². The van der Waals surface area contributed by atoms with Crippen LogP contribution >= 0.6 is 11.3 Å². The molecular formula is C28H32N8O2S2. The SMILES string of the molecule is CC1CCc2ccc(-c3ccc(S(=O)(=O)N4CCN(C)CC4)cc3)cc2N1c1nc(-c2nc(N)cc(N)n2)cs1. The molecule has 0 spiro atoms. The molecule has 4 heterocycles. The van der Waals surface area contributed by atoms with E-state index in [1.54, 1.807) is 16.4 Å². The lowest BCUT2D eigenvalue weighted by Gasteiger charge is -2.35. The van der Waals surface area contributed by atoms with E-state index in [9.17, 15) is 8.42 Å². The fourth-order valence-electron chi connectivity index (χ4n) is 5.28. The summed E-state index contributed by atoms with van der Waals surface area (Å²) in [4.78, 5) is 18.2. The lowest BCUT2D eigenvalue weighted by molar-refractivity contribution is 0.222. The number of likely N-dealkylation sites (N-methyl/N-ethyl adjacent to an activating group) is 1. The van der Waals surface area contributed by atoms with Crippen molar-refractivity contribution >= 4 is 43.8 Å². The van der Waals surface area contributed by atoms with Gasteiger partial charge in [0.05, 0.1) is 4.90 Å². The summed E-state index contributed by atoms with van der Waals surface area (Å²) in [6.07, 6.45) is 1.98. The maximum absolute atomic E-state index is 13.2. The first-order valence-electron chi connectivity index (χ1n) is 13.3. The average molecular weight is 577 g/mol. The number of hydrogen-bond donors (Lipinski definition) is 2. The van der Waals surface area contributed by atoms with Crippen LogP contribution in [0.3, 0.4) is 0 Å². The van der Waals surface area contributed by atoms with Crippen LogP contribution < -0.4 is 16.4 Å². The Labute approximate surface area is 238 Å². The zero-order valence-electron chi connectivity index (χ0n) is 22.5. The molecule has 1 fully saturated rings. The van der Waals surface area contributed by atoms with Crippen molar-refractivity contribution in [2.24, 2.45) is 0 Å². The second-order valence-electron chi connectivity index (χ2n) is 10.4. The summed E-state index contributed by atoms with van der Waals surface area (Å²) in [6.45, 7) is 4.69. The molecular weight excluding hydrogens is 544 g/mol. The Balaban J connectivity index is 1.30. The predicted octanol–water partition coefficient (Wildman–Crippen LogP) is 3.84. The van der Waals surface area contributed by atoms with Gasteiger partial charge in [-0.1, -0.05) is 24.3 Å². The van der Waals surface area contributed by atoms with Gasteiger partial charge in [0.1, 0.15) is 17.3 Å². The standard InChI is InChI=1S/C28H32N8O2S2/c1-18-3-4-20-5-6-21(19-7-9-22(10-8-19)40(37,38)35-13-11-34(2)12-14-35)15-24(20)36(18)28-31-23(17-39-28)27-32-25(29)16-26(30)33-27/h5-10,15-18H,3-4,11-14H2,1-2H3,(H4,29,30,32,33). The maximum Gasteiger partial charge on any atom is 0.243 e. The van der Waals surface area contributed by atoms with E-state index in [0.717, 1.165) is 47.9 Å². The van der Waals surface area contributed by atoms with Crippen LogP contribution in [-0.4, -0.2) is 71.8 Å². The minimum atomic E-state index is -3.51. The van der Waals surface area contributed by atoms with Crippen LogP contribution in [0.4, 0.5) is 22.5 Å². The molecule has 0 saturated carbocycles. The van der Waals surface area contributed by atoms with Crippen molar-refractivity contribution in [3.8, 4) is 22.6 Å². The molecule has 2 aliphatic rings. The first-order valence-corrected chi connectivity index (χ1v) is 15.6. The summed E-state index contributed by atoms with van der Waals surface area (Å²) in [7, 11) is -1.50. The molecule has 2 aromatic carbocycles. The summed E-state index contributed by atoms with van der Waals surface area (Å²) in [6, 6.07) is 15.4. The van der Waals surface area contributed by atoms with Gasteiger partial charge in [0, 0.05) is 49.4 Å². The summed E-state index contributed by atoms with van der Waals surface area (Å²) < 4.78 is 27.9.